The number of nitrogens with one attached hydrogen (secondary N) is 2. The highest BCUT2D eigenvalue weighted by atomic mass is 32.2. The van der Waals surface area contributed by atoms with Crippen LogP contribution >= 0.6 is 11.9 Å². The summed E-state index contributed by atoms with van der Waals surface area (Å²) in [4.78, 5) is 3.11. The van der Waals surface area contributed by atoms with Crippen molar-refractivity contribution in [3.8, 4) is 6.07 Å². The first-order valence-corrected chi connectivity index (χ1v) is 13.7. The van der Waals surface area contributed by atoms with Gasteiger partial charge in [0.1, 0.15) is 11.0 Å². The third kappa shape index (κ3) is 9.10. The minimum absolute atomic E-state index is 0.145. The normalized spacial score (nSPS) is 16.0. The van der Waals surface area contributed by atoms with Gasteiger partial charge in [0.2, 0.25) is 0 Å². The van der Waals surface area contributed by atoms with Gasteiger partial charge in [-0.2, -0.15) is 5.26 Å². The van der Waals surface area contributed by atoms with Gasteiger partial charge in [-0.25, -0.2) is 0 Å². The monoisotopic (exact) mass is 510 g/mol. The number of allylic oxidation sites excluding steroid dienone is 2. The van der Waals surface area contributed by atoms with E-state index in [4.69, 9.17) is 9.47 Å². The van der Waals surface area contributed by atoms with Crippen LogP contribution in [0.5, 0.6) is 0 Å². The van der Waals surface area contributed by atoms with Gasteiger partial charge in [-0.05, 0) is 100 Å². The Bertz CT molecular complexity index is 1080. The molecule has 1 aliphatic heterocycles. The highest BCUT2D eigenvalue weighted by Crippen LogP contribution is 2.30. The van der Waals surface area contributed by atoms with Crippen molar-refractivity contribution < 1.29 is 9.47 Å². The second kappa shape index (κ2) is 12.9. The lowest BCUT2D eigenvalue weighted by Crippen LogP contribution is -2.38. The average Bonchev–Trinajstić information content (AvgIpc) is 2.83. The molecule has 6 nitrogen and oxygen atoms in total. The molecule has 3 rings (SSSR count). The molecule has 0 saturated carbocycles. The quantitative estimate of drug-likeness (QED) is 0.281. The minimum atomic E-state index is -0.160. The van der Waals surface area contributed by atoms with Crippen molar-refractivity contribution >= 4 is 34.0 Å². The molecule has 0 atom stereocenters. The summed E-state index contributed by atoms with van der Waals surface area (Å²) < 4.78 is 14.8. The van der Waals surface area contributed by atoms with Gasteiger partial charge < -0.3 is 14.8 Å². The van der Waals surface area contributed by atoms with E-state index >= 15 is 0 Å². The van der Waals surface area contributed by atoms with E-state index in [1.165, 1.54) is 22.7 Å². The first-order valence-electron chi connectivity index (χ1n) is 12.8. The van der Waals surface area contributed by atoms with Crippen molar-refractivity contribution in [2.45, 2.75) is 59.1 Å². The number of hydrogen-bond acceptors (Lipinski definition) is 7. The molecule has 1 fully saturated rings. The summed E-state index contributed by atoms with van der Waals surface area (Å²) in [6.45, 7) is 18.8. The Morgan fingerprint density at radius 2 is 1.78 bits per heavy atom. The molecular formula is C29H42N4O2S. The van der Waals surface area contributed by atoms with E-state index in [9.17, 15) is 5.26 Å². The summed E-state index contributed by atoms with van der Waals surface area (Å²) in [5.74, 6) is 0. The van der Waals surface area contributed by atoms with Crippen LogP contribution in [0.2, 0.25) is 0 Å². The maximum atomic E-state index is 9.85. The largest absolute Gasteiger partial charge is 0.384 e. The van der Waals surface area contributed by atoms with Gasteiger partial charge in [0.25, 0.3) is 0 Å². The molecule has 1 saturated heterocycles. The van der Waals surface area contributed by atoms with E-state index < -0.39 is 0 Å². The van der Waals surface area contributed by atoms with E-state index in [-0.39, 0.29) is 11.1 Å². The summed E-state index contributed by atoms with van der Waals surface area (Å²) in [6, 6.07) is 15.3. The predicted octanol–water partition coefficient (Wildman–Crippen LogP) is 6.06. The Hall–Kier alpha value is -2.08. The molecule has 2 N–H and O–H groups in total. The van der Waals surface area contributed by atoms with Gasteiger partial charge in [0.15, 0.2) is 0 Å². The predicted molar refractivity (Wildman–Crippen MR) is 153 cm³/mol. The second-order valence-electron chi connectivity index (χ2n) is 11.0. The minimum Gasteiger partial charge on any atom is -0.384 e. The van der Waals surface area contributed by atoms with E-state index in [1.54, 1.807) is 0 Å². The Balaban J connectivity index is 1.61. The maximum absolute atomic E-state index is 9.85. The summed E-state index contributed by atoms with van der Waals surface area (Å²) in [5, 5.41) is 15.8. The van der Waals surface area contributed by atoms with Crippen LogP contribution in [-0.4, -0.2) is 62.0 Å². The van der Waals surface area contributed by atoms with Crippen molar-refractivity contribution in [1.82, 2.24) is 9.62 Å². The summed E-state index contributed by atoms with van der Waals surface area (Å²) in [7, 11) is 0. The topological polar surface area (TPSA) is 69.5 Å². The molecule has 2 aromatic rings. The molecule has 1 heterocycles. The summed E-state index contributed by atoms with van der Waals surface area (Å²) in [6.07, 6.45) is 0.855. The molecule has 0 amide bonds. The first kappa shape index (κ1) is 28.5. The number of hydrogen-bond donors (Lipinski definition) is 2. The zero-order chi connectivity index (χ0) is 26.2. The van der Waals surface area contributed by atoms with Crippen LogP contribution in [0, 0.1) is 11.3 Å². The Morgan fingerprint density at radius 3 is 2.47 bits per heavy atom. The number of rotatable bonds is 11. The van der Waals surface area contributed by atoms with Crippen LogP contribution in [0.3, 0.4) is 0 Å². The van der Waals surface area contributed by atoms with E-state index in [0.717, 1.165) is 62.6 Å². The zero-order valence-corrected chi connectivity index (χ0v) is 23.6. The molecule has 1 aliphatic rings. The Labute approximate surface area is 221 Å². The molecular weight excluding hydrogens is 468 g/mol. The maximum Gasteiger partial charge on any atom is 0.108 e. The van der Waals surface area contributed by atoms with Gasteiger partial charge in [-0.3, -0.25) is 9.62 Å². The lowest BCUT2D eigenvalue weighted by molar-refractivity contribution is -0.0101. The van der Waals surface area contributed by atoms with Gasteiger partial charge in [0, 0.05) is 44.0 Å². The molecule has 0 aromatic heterocycles. The van der Waals surface area contributed by atoms with Gasteiger partial charge in [-0.1, -0.05) is 18.2 Å². The van der Waals surface area contributed by atoms with Gasteiger partial charge in [-0.15, -0.1) is 0 Å². The van der Waals surface area contributed by atoms with E-state index in [2.05, 4.69) is 92.0 Å². The highest BCUT2D eigenvalue weighted by molar-refractivity contribution is 8.01. The number of anilines is 1. The second-order valence-corrected chi connectivity index (χ2v) is 11.8. The van der Waals surface area contributed by atoms with Gasteiger partial charge in [0.05, 0.1) is 18.8 Å². The van der Waals surface area contributed by atoms with Crippen molar-refractivity contribution in [3.63, 3.8) is 0 Å². The van der Waals surface area contributed by atoms with Crippen LogP contribution < -0.4 is 10.0 Å². The average molecular weight is 511 g/mol. The Morgan fingerprint density at radius 1 is 1.08 bits per heavy atom. The number of fused-ring (bicyclic) bond motifs is 1. The zero-order valence-electron chi connectivity index (χ0n) is 22.7. The number of morpholine rings is 1. The molecule has 36 heavy (non-hydrogen) atoms. The summed E-state index contributed by atoms with van der Waals surface area (Å²) in [5.41, 5.74) is 2.87. The molecule has 0 bridgehead atoms. The van der Waals surface area contributed by atoms with Gasteiger partial charge >= 0.3 is 0 Å². The molecule has 2 aromatic carbocycles. The van der Waals surface area contributed by atoms with Crippen molar-refractivity contribution in [3.05, 3.63) is 46.9 Å². The standard InChI is InChI=1S/C29H42N4O2S/c1-22(27(21-30)36-32-29(5,6)11-16-35-28(2,3)4)23-7-8-25-20-26(10-9-24(25)19-23)31-12-13-33-14-17-34-18-15-33/h7-10,19-20,31-32H,11-18H2,1-6H3/b27-22+. The van der Waals surface area contributed by atoms with Crippen molar-refractivity contribution in [2.75, 3.05) is 51.3 Å². The third-order valence-corrected chi connectivity index (χ3v) is 7.52. The number of nitriles is 1. The van der Waals surface area contributed by atoms with Crippen LogP contribution in [0.15, 0.2) is 41.3 Å². The fourth-order valence-electron chi connectivity index (χ4n) is 3.94. The lowest BCUT2D eigenvalue weighted by Gasteiger charge is -2.28. The molecule has 0 unspecified atom stereocenters. The fourth-order valence-corrected chi connectivity index (χ4v) is 4.74. The van der Waals surface area contributed by atoms with Crippen LogP contribution in [0.4, 0.5) is 5.69 Å². The van der Waals surface area contributed by atoms with Crippen molar-refractivity contribution in [2.24, 2.45) is 0 Å². The third-order valence-electron chi connectivity index (χ3n) is 6.27. The molecule has 7 heteroatoms. The van der Waals surface area contributed by atoms with Crippen LogP contribution in [-0.2, 0) is 9.47 Å². The Kier molecular flexibility index (Phi) is 10.2. The molecule has 0 spiro atoms. The SMILES string of the molecule is C/C(=C(/C#N)SNC(C)(C)CCOC(C)(C)C)c1ccc2cc(NCCN3CCOCC3)ccc2c1. The molecule has 0 radical (unpaired) electrons. The lowest BCUT2D eigenvalue weighted by atomic mass is 10.0. The number of benzene rings is 2. The number of ether oxygens (including phenoxy) is 2. The summed E-state index contributed by atoms with van der Waals surface area (Å²) >= 11 is 1.41. The van der Waals surface area contributed by atoms with E-state index in [1.807, 2.05) is 6.92 Å². The fraction of sp³-hybridized carbons (Fsp3) is 0.552. The van der Waals surface area contributed by atoms with E-state index in [0.29, 0.717) is 11.5 Å². The van der Waals surface area contributed by atoms with Crippen LogP contribution in [0.25, 0.3) is 16.3 Å². The smallest absolute Gasteiger partial charge is 0.108 e. The molecule has 196 valence electrons. The number of nitrogens with zero attached hydrogens (tertiary/aromatic N) is 2. The first-order chi connectivity index (χ1) is 17.1. The van der Waals surface area contributed by atoms with Crippen LogP contribution in [0.1, 0.15) is 53.5 Å². The van der Waals surface area contributed by atoms with Crippen molar-refractivity contribution in [1.29, 1.82) is 5.26 Å². The highest BCUT2D eigenvalue weighted by Gasteiger charge is 2.21. The molecule has 0 aliphatic carbocycles.